The van der Waals surface area contributed by atoms with Crippen molar-refractivity contribution in [1.82, 2.24) is 19.4 Å². The second-order valence-corrected chi connectivity index (χ2v) is 9.77. The van der Waals surface area contributed by atoms with Crippen LogP contribution in [0.3, 0.4) is 0 Å². The lowest BCUT2D eigenvalue weighted by Crippen LogP contribution is -2.46. The molecule has 1 aliphatic rings. The van der Waals surface area contributed by atoms with E-state index in [-0.39, 0.29) is 5.56 Å². The van der Waals surface area contributed by atoms with E-state index in [2.05, 4.69) is 9.80 Å². The van der Waals surface area contributed by atoms with Gasteiger partial charge in [-0.25, -0.2) is 9.97 Å². The summed E-state index contributed by atoms with van der Waals surface area (Å²) >= 11 is 6.51. The number of pyridine rings is 1. The summed E-state index contributed by atoms with van der Waals surface area (Å²) < 4.78 is 1.84. The number of piperazine rings is 1. The van der Waals surface area contributed by atoms with Crippen molar-refractivity contribution < 1.29 is 0 Å². The van der Waals surface area contributed by atoms with Crippen LogP contribution in [-0.4, -0.2) is 52.2 Å². The van der Waals surface area contributed by atoms with Crippen LogP contribution in [0, 0.1) is 6.92 Å². The first-order valence-corrected chi connectivity index (χ1v) is 12.9. The third-order valence-corrected chi connectivity index (χ3v) is 7.29. The van der Waals surface area contributed by atoms with Crippen LogP contribution < -0.4 is 10.5 Å². The number of hydrogen-bond donors (Lipinski definition) is 0. The normalized spacial score (nSPS) is 14.8. The van der Waals surface area contributed by atoms with E-state index in [0.29, 0.717) is 6.54 Å². The highest BCUT2D eigenvalue weighted by Crippen LogP contribution is 2.27. The molecule has 1 aliphatic heterocycles. The number of halogens is 1. The Morgan fingerprint density at radius 2 is 1.69 bits per heavy atom. The van der Waals surface area contributed by atoms with Crippen LogP contribution >= 0.6 is 11.6 Å². The molecule has 0 amide bonds. The molecule has 4 aromatic rings. The first-order chi connectivity index (χ1) is 17.0. The van der Waals surface area contributed by atoms with Gasteiger partial charge in [-0.1, -0.05) is 41.4 Å². The number of hydrogen-bond acceptors (Lipinski definition) is 5. The Bertz CT molecular complexity index is 1410. The SMILES string of the molecule is CCn1c(CCCCN2CCN(c3cc(Cl)c4ccccc4n3)CC2)nc2ccc(C)cc2c1=O. The average Bonchev–Trinajstić information content (AvgIpc) is 2.87. The van der Waals surface area contributed by atoms with E-state index in [1.165, 1.54) is 0 Å². The maximum absolute atomic E-state index is 13.0. The number of para-hydroxylation sites is 1. The van der Waals surface area contributed by atoms with Gasteiger partial charge in [-0.3, -0.25) is 14.3 Å². The molecule has 7 heteroatoms. The fraction of sp³-hybridized carbons (Fsp3) is 0.393. The number of fused-ring (bicyclic) bond motifs is 2. The van der Waals surface area contributed by atoms with Gasteiger partial charge in [-0.05, 0) is 57.5 Å². The summed E-state index contributed by atoms with van der Waals surface area (Å²) in [4.78, 5) is 27.5. The smallest absolute Gasteiger partial charge is 0.261 e. The van der Waals surface area contributed by atoms with Gasteiger partial charge in [-0.2, -0.15) is 0 Å². The second kappa shape index (κ2) is 10.3. The molecule has 0 atom stereocenters. The summed E-state index contributed by atoms with van der Waals surface area (Å²) in [6.07, 6.45) is 2.93. The highest BCUT2D eigenvalue weighted by Gasteiger charge is 2.19. The third-order valence-electron chi connectivity index (χ3n) is 6.98. The van der Waals surface area contributed by atoms with Crippen LogP contribution in [0.5, 0.6) is 0 Å². The molecular weight excluding hydrogens is 458 g/mol. The van der Waals surface area contributed by atoms with Crippen LogP contribution in [0.25, 0.3) is 21.8 Å². The number of anilines is 1. The number of aryl methyl sites for hydroxylation is 2. The molecule has 182 valence electrons. The Labute approximate surface area is 211 Å². The maximum atomic E-state index is 13.0. The summed E-state index contributed by atoms with van der Waals surface area (Å²) in [5, 5.41) is 2.48. The minimum Gasteiger partial charge on any atom is -0.354 e. The van der Waals surface area contributed by atoms with E-state index in [0.717, 1.165) is 96.0 Å². The molecule has 0 N–H and O–H groups in total. The largest absolute Gasteiger partial charge is 0.354 e. The van der Waals surface area contributed by atoms with E-state index in [4.69, 9.17) is 21.6 Å². The summed E-state index contributed by atoms with van der Waals surface area (Å²) in [5.74, 6) is 1.86. The van der Waals surface area contributed by atoms with Gasteiger partial charge in [0.25, 0.3) is 5.56 Å². The van der Waals surface area contributed by atoms with Crippen molar-refractivity contribution in [3.63, 3.8) is 0 Å². The fourth-order valence-electron chi connectivity index (χ4n) is 5.00. The predicted molar refractivity (Wildman–Crippen MR) is 145 cm³/mol. The minimum atomic E-state index is 0.0784. The number of nitrogens with zero attached hydrogens (tertiary/aromatic N) is 5. The lowest BCUT2D eigenvalue weighted by atomic mass is 10.1. The molecule has 2 aromatic carbocycles. The predicted octanol–water partition coefficient (Wildman–Crippen LogP) is 5.07. The van der Waals surface area contributed by atoms with Gasteiger partial charge in [0.15, 0.2) is 0 Å². The third kappa shape index (κ3) is 5.04. The monoisotopic (exact) mass is 489 g/mol. The van der Waals surface area contributed by atoms with Crippen molar-refractivity contribution >= 4 is 39.2 Å². The summed E-state index contributed by atoms with van der Waals surface area (Å²) in [6.45, 7) is 9.66. The van der Waals surface area contributed by atoms with Gasteiger partial charge in [0.05, 0.1) is 21.4 Å². The molecule has 0 bridgehead atoms. The molecule has 0 saturated carbocycles. The number of aromatic nitrogens is 3. The molecule has 1 fully saturated rings. The zero-order chi connectivity index (χ0) is 24.4. The molecule has 2 aromatic heterocycles. The van der Waals surface area contributed by atoms with Gasteiger partial charge in [0, 0.05) is 44.5 Å². The summed E-state index contributed by atoms with van der Waals surface area (Å²) in [6, 6.07) is 16.0. The number of benzene rings is 2. The van der Waals surface area contributed by atoms with Crippen molar-refractivity contribution in [3.8, 4) is 0 Å². The summed E-state index contributed by atoms with van der Waals surface area (Å²) in [7, 11) is 0. The molecule has 5 rings (SSSR count). The zero-order valence-corrected chi connectivity index (χ0v) is 21.3. The molecule has 0 unspecified atom stereocenters. The van der Waals surface area contributed by atoms with E-state index in [9.17, 15) is 4.79 Å². The highest BCUT2D eigenvalue weighted by atomic mass is 35.5. The van der Waals surface area contributed by atoms with Crippen molar-refractivity contribution in [3.05, 3.63) is 75.3 Å². The van der Waals surface area contributed by atoms with Gasteiger partial charge in [-0.15, -0.1) is 0 Å². The first kappa shape index (κ1) is 23.8. The maximum Gasteiger partial charge on any atom is 0.261 e. The topological polar surface area (TPSA) is 54.3 Å². The van der Waals surface area contributed by atoms with Gasteiger partial charge in [0.1, 0.15) is 11.6 Å². The van der Waals surface area contributed by atoms with Crippen LogP contribution in [0.2, 0.25) is 5.02 Å². The molecular formula is C28H32ClN5O. The van der Waals surface area contributed by atoms with E-state index >= 15 is 0 Å². The Morgan fingerprint density at radius 3 is 2.49 bits per heavy atom. The standard InChI is InChI=1S/C28H32ClN5O/c1-3-34-26(30-25-12-11-20(2)18-22(25)28(34)35)10-6-7-13-32-14-16-33(17-15-32)27-19-23(29)21-8-4-5-9-24(21)31-27/h4-5,8-9,11-12,18-19H,3,6-7,10,13-17H2,1-2H3. The second-order valence-electron chi connectivity index (χ2n) is 9.36. The number of unbranched alkanes of at least 4 members (excludes halogenated alkanes) is 1. The average molecular weight is 490 g/mol. The molecule has 6 nitrogen and oxygen atoms in total. The van der Waals surface area contributed by atoms with Crippen molar-refractivity contribution in [2.24, 2.45) is 0 Å². The van der Waals surface area contributed by atoms with Crippen LogP contribution in [0.15, 0.2) is 53.3 Å². The van der Waals surface area contributed by atoms with Crippen molar-refractivity contribution in [2.45, 2.75) is 39.7 Å². The van der Waals surface area contributed by atoms with E-state index in [1.807, 2.05) is 66.9 Å². The highest BCUT2D eigenvalue weighted by molar-refractivity contribution is 6.35. The van der Waals surface area contributed by atoms with Gasteiger partial charge < -0.3 is 4.90 Å². The van der Waals surface area contributed by atoms with Gasteiger partial charge in [0.2, 0.25) is 0 Å². The Hall–Kier alpha value is -2.96. The molecule has 0 aliphatic carbocycles. The lowest BCUT2D eigenvalue weighted by Gasteiger charge is -2.35. The molecule has 35 heavy (non-hydrogen) atoms. The van der Waals surface area contributed by atoms with E-state index < -0.39 is 0 Å². The minimum absolute atomic E-state index is 0.0784. The fourth-order valence-corrected chi connectivity index (χ4v) is 5.26. The quantitative estimate of drug-likeness (QED) is 0.339. The van der Waals surface area contributed by atoms with Crippen LogP contribution in [0.4, 0.5) is 5.82 Å². The molecule has 1 saturated heterocycles. The zero-order valence-electron chi connectivity index (χ0n) is 20.5. The first-order valence-electron chi connectivity index (χ1n) is 12.6. The Balaban J connectivity index is 1.15. The molecule has 0 radical (unpaired) electrons. The van der Waals surface area contributed by atoms with Crippen LogP contribution in [0.1, 0.15) is 31.2 Å². The Kier molecular flexibility index (Phi) is 7.02. The Morgan fingerprint density at radius 1 is 0.914 bits per heavy atom. The van der Waals surface area contributed by atoms with Crippen LogP contribution in [-0.2, 0) is 13.0 Å². The number of rotatable bonds is 7. The summed E-state index contributed by atoms with van der Waals surface area (Å²) in [5.41, 5.74) is 2.92. The van der Waals surface area contributed by atoms with Crippen molar-refractivity contribution in [1.29, 1.82) is 0 Å². The molecule has 0 spiro atoms. The molecule has 3 heterocycles. The van der Waals surface area contributed by atoms with E-state index in [1.54, 1.807) is 0 Å². The van der Waals surface area contributed by atoms with Crippen molar-refractivity contribution in [2.75, 3.05) is 37.6 Å². The van der Waals surface area contributed by atoms with Gasteiger partial charge >= 0.3 is 0 Å². The lowest BCUT2D eigenvalue weighted by molar-refractivity contribution is 0.252.